The SMILES string of the molecule is Cc1cc2c(nc1NC(=O)CC(C)(C)C)CCCN2CC1COC1. The monoisotopic (exact) mass is 331 g/mol. The average Bonchev–Trinajstić information content (AvgIpc) is 2.42. The summed E-state index contributed by atoms with van der Waals surface area (Å²) < 4.78 is 5.30. The van der Waals surface area contributed by atoms with Crippen molar-refractivity contribution in [3.05, 3.63) is 17.3 Å². The molecule has 1 aromatic rings. The van der Waals surface area contributed by atoms with E-state index in [1.54, 1.807) is 0 Å². The van der Waals surface area contributed by atoms with Gasteiger partial charge in [-0.3, -0.25) is 4.79 Å². The van der Waals surface area contributed by atoms with Crippen LogP contribution in [0.3, 0.4) is 0 Å². The first-order valence-corrected chi connectivity index (χ1v) is 8.95. The normalized spacial score (nSPS) is 18.1. The van der Waals surface area contributed by atoms with E-state index in [-0.39, 0.29) is 11.3 Å². The van der Waals surface area contributed by atoms with Crippen LogP contribution in [0.1, 0.15) is 44.9 Å². The van der Waals surface area contributed by atoms with Crippen LogP contribution in [0.4, 0.5) is 11.5 Å². The smallest absolute Gasteiger partial charge is 0.226 e. The van der Waals surface area contributed by atoms with Crippen molar-refractivity contribution in [2.75, 3.05) is 36.5 Å². The lowest BCUT2D eigenvalue weighted by Crippen LogP contribution is -2.41. The van der Waals surface area contributed by atoms with E-state index >= 15 is 0 Å². The predicted octanol–water partition coefficient (Wildman–Crippen LogP) is 3.16. The van der Waals surface area contributed by atoms with Crippen molar-refractivity contribution in [3.63, 3.8) is 0 Å². The van der Waals surface area contributed by atoms with Crippen LogP contribution in [0.2, 0.25) is 0 Å². The number of aromatic nitrogens is 1. The molecule has 0 saturated carbocycles. The number of ether oxygens (including phenoxy) is 1. The third-order valence-corrected chi connectivity index (χ3v) is 4.59. The highest BCUT2D eigenvalue weighted by molar-refractivity contribution is 5.91. The lowest BCUT2D eigenvalue weighted by Gasteiger charge is -2.37. The van der Waals surface area contributed by atoms with Crippen molar-refractivity contribution in [3.8, 4) is 0 Å². The highest BCUT2D eigenvalue weighted by Crippen LogP contribution is 2.31. The van der Waals surface area contributed by atoms with Crippen molar-refractivity contribution < 1.29 is 9.53 Å². The molecule has 132 valence electrons. The summed E-state index contributed by atoms with van der Waals surface area (Å²) in [6, 6.07) is 2.19. The average molecular weight is 331 g/mol. The number of carbonyl (C=O) groups is 1. The van der Waals surface area contributed by atoms with Crippen molar-refractivity contribution in [1.82, 2.24) is 4.98 Å². The quantitative estimate of drug-likeness (QED) is 0.921. The number of hydrogen-bond donors (Lipinski definition) is 1. The van der Waals surface area contributed by atoms with E-state index in [4.69, 9.17) is 9.72 Å². The minimum absolute atomic E-state index is 0.0200. The van der Waals surface area contributed by atoms with Crippen LogP contribution >= 0.6 is 0 Å². The summed E-state index contributed by atoms with van der Waals surface area (Å²) >= 11 is 0. The molecule has 1 amide bonds. The van der Waals surface area contributed by atoms with E-state index in [0.717, 1.165) is 56.2 Å². The Morgan fingerprint density at radius 2 is 2.17 bits per heavy atom. The number of pyridine rings is 1. The molecule has 0 aliphatic carbocycles. The highest BCUT2D eigenvalue weighted by Gasteiger charge is 2.26. The van der Waals surface area contributed by atoms with Crippen LogP contribution in [-0.4, -0.2) is 37.2 Å². The van der Waals surface area contributed by atoms with Gasteiger partial charge in [0.15, 0.2) is 0 Å². The summed E-state index contributed by atoms with van der Waals surface area (Å²) in [5, 5.41) is 3.01. The topological polar surface area (TPSA) is 54.5 Å². The summed E-state index contributed by atoms with van der Waals surface area (Å²) in [5.74, 6) is 1.40. The largest absolute Gasteiger partial charge is 0.381 e. The molecule has 1 aromatic heterocycles. The second-order valence-electron chi connectivity index (χ2n) is 8.36. The van der Waals surface area contributed by atoms with Gasteiger partial charge in [-0.25, -0.2) is 4.98 Å². The third kappa shape index (κ3) is 4.07. The van der Waals surface area contributed by atoms with E-state index in [1.165, 1.54) is 5.69 Å². The number of hydrogen-bond acceptors (Lipinski definition) is 4. The number of nitrogens with one attached hydrogen (secondary N) is 1. The minimum Gasteiger partial charge on any atom is -0.381 e. The summed E-state index contributed by atoms with van der Waals surface area (Å²) in [5.41, 5.74) is 3.36. The number of amides is 1. The van der Waals surface area contributed by atoms with Crippen molar-refractivity contribution >= 4 is 17.4 Å². The van der Waals surface area contributed by atoms with Crippen LogP contribution < -0.4 is 10.2 Å². The molecular weight excluding hydrogens is 302 g/mol. The maximum absolute atomic E-state index is 12.2. The lowest BCUT2D eigenvalue weighted by molar-refractivity contribution is -0.117. The van der Waals surface area contributed by atoms with Gasteiger partial charge in [-0.05, 0) is 36.8 Å². The summed E-state index contributed by atoms with van der Waals surface area (Å²) in [4.78, 5) is 19.4. The fraction of sp³-hybridized carbons (Fsp3) is 0.684. The third-order valence-electron chi connectivity index (χ3n) is 4.59. The Balaban J connectivity index is 1.75. The molecule has 5 nitrogen and oxygen atoms in total. The molecule has 3 rings (SSSR count). The number of rotatable bonds is 4. The molecule has 0 unspecified atom stereocenters. The van der Waals surface area contributed by atoms with Gasteiger partial charge >= 0.3 is 0 Å². The van der Waals surface area contributed by atoms with Crippen LogP contribution in [-0.2, 0) is 16.0 Å². The maximum atomic E-state index is 12.2. The molecule has 0 spiro atoms. The van der Waals surface area contributed by atoms with Gasteiger partial charge < -0.3 is 15.0 Å². The molecule has 1 fully saturated rings. The van der Waals surface area contributed by atoms with Crippen molar-refractivity contribution in [2.45, 2.75) is 47.0 Å². The Bertz CT molecular complexity index is 618. The molecule has 2 aliphatic heterocycles. The number of nitrogens with zero attached hydrogens (tertiary/aromatic N) is 2. The van der Waals surface area contributed by atoms with Gasteiger partial charge in [-0.1, -0.05) is 20.8 Å². The fourth-order valence-electron chi connectivity index (χ4n) is 3.33. The molecule has 0 bridgehead atoms. The van der Waals surface area contributed by atoms with E-state index in [2.05, 4.69) is 37.1 Å². The van der Waals surface area contributed by atoms with Crippen LogP contribution in [0.25, 0.3) is 0 Å². The zero-order valence-electron chi connectivity index (χ0n) is 15.3. The molecule has 3 heterocycles. The molecule has 0 atom stereocenters. The molecular formula is C19H29N3O2. The number of aryl methyl sites for hydroxylation is 2. The molecule has 5 heteroatoms. The molecule has 2 aliphatic rings. The predicted molar refractivity (Wildman–Crippen MR) is 96.5 cm³/mol. The first-order valence-electron chi connectivity index (χ1n) is 8.95. The Labute approximate surface area is 144 Å². The van der Waals surface area contributed by atoms with Gasteiger partial charge in [-0.2, -0.15) is 0 Å². The molecule has 1 N–H and O–H groups in total. The zero-order valence-corrected chi connectivity index (χ0v) is 15.3. The Morgan fingerprint density at radius 3 is 2.79 bits per heavy atom. The van der Waals surface area contributed by atoms with Gasteiger partial charge in [0.05, 0.1) is 24.6 Å². The Hall–Kier alpha value is -1.62. The maximum Gasteiger partial charge on any atom is 0.226 e. The second kappa shape index (κ2) is 6.71. The molecule has 24 heavy (non-hydrogen) atoms. The van der Waals surface area contributed by atoms with E-state index in [1.807, 2.05) is 6.92 Å². The lowest BCUT2D eigenvalue weighted by atomic mass is 9.92. The standard InChI is InChI=1S/C19H29N3O2/c1-13-8-16-15(6-5-7-22(16)10-14-11-24-12-14)20-18(13)21-17(23)9-19(2,3)4/h8,14H,5-7,9-12H2,1-4H3,(H,20,21,23). The van der Waals surface area contributed by atoms with Crippen LogP contribution in [0.5, 0.6) is 0 Å². The van der Waals surface area contributed by atoms with E-state index in [0.29, 0.717) is 12.3 Å². The summed E-state index contributed by atoms with van der Waals surface area (Å²) in [7, 11) is 0. The van der Waals surface area contributed by atoms with Crippen LogP contribution in [0, 0.1) is 18.3 Å². The zero-order chi connectivity index (χ0) is 17.3. The van der Waals surface area contributed by atoms with Gasteiger partial charge in [0.25, 0.3) is 0 Å². The number of fused-ring (bicyclic) bond motifs is 1. The molecule has 0 aromatic carbocycles. The van der Waals surface area contributed by atoms with Crippen molar-refractivity contribution in [2.24, 2.45) is 11.3 Å². The van der Waals surface area contributed by atoms with Gasteiger partial charge in [-0.15, -0.1) is 0 Å². The first-order chi connectivity index (χ1) is 11.3. The summed E-state index contributed by atoms with van der Waals surface area (Å²) in [6.07, 6.45) is 2.60. The van der Waals surface area contributed by atoms with Gasteiger partial charge in [0, 0.05) is 25.4 Å². The molecule has 0 radical (unpaired) electrons. The van der Waals surface area contributed by atoms with Crippen molar-refractivity contribution in [1.29, 1.82) is 0 Å². The number of anilines is 2. The Kier molecular flexibility index (Phi) is 4.81. The first kappa shape index (κ1) is 17.2. The minimum atomic E-state index is -0.0200. The fourth-order valence-corrected chi connectivity index (χ4v) is 3.33. The van der Waals surface area contributed by atoms with E-state index in [9.17, 15) is 4.79 Å². The second-order valence-corrected chi connectivity index (χ2v) is 8.36. The Morgan fingerprint density at radius 1 is 1.42 bits per heavy atom. The van der Waals surface area contributed by atoms with Gasteiger partial charge in [0.2, 0.25) is 5.91 Å². The molecule has 1 saturated heterocycles. The van der Waals surface area contributed by atoms with Gasteiger partial charge in [0.1, 0.15) is 5.82 Å². The van der Waals surface area contributed by atoms with E-state index < -0.39 is 0 Å². The number of carbonyl (C=O) groups excluding carboxylic acids is 1. The highest BCUT2D eigenvalue weighted by atomic mass is 16.5. The summed E-state index contributed by atoms with van der Waals surface area (Å²) in [6.45, 7) is 12.1. The van der Waals surface area contributed by atoms with Crippen LogP contribution in [0.15, 0.2) is 6.07 Å².